The molecular formula is C12H15BrFNO. The van der Waals surface area contributed by atoms with Crippen molar-refractivity contribution in [2.75, 3.05) is 11.9 Å². The summed E-state index contributed by atoms with van der Waals surface area (Å²) in [5, 5.41) is 3.25. The van der Waals surface area contributed by atoms with E-state index in [2.05, 4.69) is 21.2 Å². The molecule has 1 aliphatic rings. The minimum Gasteiger partial charge on any atom is -0.379 e. The molecule has 16 heavy (non-hydrogen) atoms. The van der Waals surface area contributed by atoms with E-state index in [0.717, 1.165) is 23.9 Å². The second-order valence-electron chi connectivity index (χ2n) is 4.14. The molecule has 2 rings (SSSR count). The molecular weight excluding hydrogens is 273 g/mol. The predicted molar refractivity (Wildman–Crippen MR) is 66.2 cm³/mol. The van der Waals surface area contributed by atoms with Gasteiger partial charge in [0, 0.05) is 17.1 Å². The summed E-state index contributed by atoms with van der Waals surface area (Å²) in [7, 11) is 0. The van der Waals surface area contributed by atoms with Crippen molar-refractivity contribution < 1.29 is 9.13 Å². The molecule has 1 heterocycles. The van der Waals surface area contributed by atoms with E-state index in [0.29, 0.717) is 5.69 Å². The monoisotopic (exact) mass is 287 g/mol. The normalized spacial score (nSPS) is 25.4. The van der Waals surface area contributed by atoms with Crippen LogP contribution >= 0.6 is 15.9 Å². The molecule has 2 nitrogen and oxygen atoms in total. The van der Waals surface area contributed by atoms with E-state index in [4.69, 9.17) is 4.74 Å². The molecule has 0 aliphatic carbocycles. The highest BCUT2D eigenvalue weighted by Gasteiger charge is 2.20. The first kappa shape index (κ1) is 11.9. The first-order chi connectivity index (χ1) is 7.66. The lowest BCUT2D eigenvalue weighted by Crippen LogP contribution is -2.32. The maximum atomic E-state index is 13.6. The third-order valence-electron chi connectivity index (χ3n) is 2.80. The van der Waals surface area contributed by atoms with Crippen molar-refractivity contribution in [1.82, 2.24) is 0 Å². The van der Waals surface area contributed by atoms with Crippen LogP contribution in [0.1, 0.15) is 19.8 Å². The predicted octanol–water partition coefficient (Wildman–Crippen LogP) is 3.57. The van der Waals surface area contributed by atoms with Gasteiger partial charge in [0.05, 0.1) is 11.8 Å². The third kappa shape index (κ3) is 2.74. The summed E-state index contributed by atoms with van der Waals surface area (Å²) in [5.41, 5.74) is 0.557. The van der Waals surface area contributed by atoms with Crippen molar-refractivity contribution in [3.63, 3.8) is 0 Å². The summed E-state index contributed by atoms with van der Waals surface area (Å²) in [6, 6.07) is 5.29. The molecule has 4 heteroatoms. The average molecular weight is 288 g/mol. The zero-order valence-corrected chi connectivity index (χ0v) is 10.8. The summed E-state index contributed by atoms with van der Waals surface area (Å²) < 4.78 is 19.8. The van der Waals surface area contributed by atoms with Crippen molar-refractivity contribution in [3.05, 3.63) is 28.5 Å². The lowest BCUT2D eigenvalue weighted by atomic mass is 10.0. The Morgan fingerprint density at radius 3 is 3.00 bits per heavy atom. The number of para-hydroxylation sites is 1. The zero-order valence-electron chi connectivity index (χ0n) is 9.17. The van der Waals surface area contributed by atoms with Crippen LogP contribution in [0.15, 0.2) is 22.7 Å². The van der Waals surface area contributed by atoms with Gasteiger partial charge >= 0.3 is 0 Å². The van der Waals surface area contributed by atoms with Gasteiger partial charge in [0.25, 0.3) is 0 Å². The Morgan fingerprint density at radius 2 is 2.31 bits per heavy atom. The Morgan fingerprint density at radius 1 is 1.50 bits per heavy atom. The number of rotatable bonds is 2. The SMILES string of the molecule is CC1CC(Nc2c(F)cccc2Br)CCO1. The maximum absolute atomic E-state index is 13.6. The van der Waals surface area contributed by atoms with Gasteiger partial charge in [-0.2, -0.15) is 0 Å². The molecule has 1 aromatic carbocycles. The molecule has 1 saturated heterocycles. The van der Waals surface area contributed by atoms with Gasteiger partial charge in [0.1, 0.15) is 5.82 Å². The summed E-state index contributed by atoms with van der Waals surface area (Å²) in [5.74, 6) is -0.214. The van der Waals surface area contributed by atoms with Crippen molar-refractivity contribution >= 4 is 21.6 Å². The Bertz CT molecular complexity index is 352. The van der Waals surface area contributed by atoms with E-state index in [1.165, 1.54) is 6.07 Å². The van der Waals surface area contributed by atoms with E-state index in [1.54, 1.807) is 6.07 Å². The first-order valence-corrected chi connectivity index (χ1v) is 6.28. The average Bonchev–Trinajstić information content (AvgIpc) is 2.24. The summed E-state index contributed by atoms with van der Waals surface area (Å²) >= 11 is 3.36. The highest BCUT2D eigenvalue weighted by Crippen LogP contribution is 2.28. The number of hydrogen-bond donors (Lipinski definition) is 1. The Labute approximate surface area is 103 Å². The van der Waals surface area contributed by atoms with Gasteiger partial charge in [-0.3, -0.25) is 0 Å². The summed E-state index contributed by atoms with van der Waals surface area (Å²) in [4.78, 5) is 0. The van der Waals surface area contributed by atoms with Gasteiger partial charge in [-0.15, -0.1) is 0 Å². The van der Waals surface area contributed by atoms with Gasteiger partial charge < -0.3 is 10.1 Å². The molecule has 0 aromatic heterocycles. The van der Waals surface area contributed by atoms with E-state index in [-0.39, 0.29) is 18.0 Å². The molecule has 1 aromatic rings. The second-order valence-corrected chi connectivity index (χ2v) is 5.00. The molecule has 0 bridgehead atoms. The van der Waals surface area contributed by atoms with Crippen LogP contribution in [0.25, 0.3) is 0 Å². The van der Waals surface area contributed by atoms with E-state index in [9.17, 15) is 4.39 Å². The molecule has 1 fully saturated rings. The molecule has 1 aliphatic heterocycles. The molecule has 0 spiro atoms. The van der Waals surface area contributed by atoms with Crippen molar-refractivity contribution in [2.24, 2.45) is 0 Å². The standard InChI is InChI=1S/C12H15BrFNO/c1-8-7-9(5-6-16-8)15-12-10(13)3-2-4-11(12)14/h2-4,8-9,15H,5-7H2,1H3. The molecule has 2 unspecified atom stereocenters. The fraction of sp³-hybridized carbons (Fsp3) is 0.500. The lowest BCUT2D eigenvalue weighted by Gasteiger charge is -2.29. The van der Waals surface area contributed by atoms with E-state index in [1.807, 2.05) is 13.0 Å². The topological polar surface area (TPSA) is 21.3 Å². The zero-order chi connectivity index (χ0) is 11.5. The second kappa shape index (κ2) is 5.15. The minimum atomic E-state index is -0.214. The van der Waals surface area contributed by atoms with Crippen LogP contribution in [-0.2, 0) is 4.74 Å². The van der Waals surface area contributed by atoms with Crippen LogP contribution < -0.4 is 5.32 Å². The van der Waals surface area contributed by atoms with Gasteiger partial charge in [0.2, 0.25) is 0 Å². The van der Waals surface area contributed by atoms with Crippen molar-refractivity contribution in [1.29, 1.82) is 0 Å². The molecule has 0 saturated carbocycles. The van der Waals surface area contributed by atoms with Crippen LogP contribution in [0.3, 0.4) is 0 Å². The lowest BCUT2D eigenvalue weighted by molar-refractivity contribution is 0.0231. The van der Waals surface area contributed by atoms with E-state index >= 15 is 0 Å². The molecule has 0 radical (unpaired) electrons. The fourth-order valence-corrected chi connectivity index (χ4v) is 2.43. The van der Waals surface area contributed by atoms with Crippen molar-refractivity contribution in [2.45, 2.75) is 31.9 Å². The third-order valence-corrected chi connectivity index (χ3v) is 3.46. The number of benzene rings is 1. The molecule has 0 amide bonds. The molecule has 2 atom stereocenters. The number of anilines is 1. The summed E-state index contributed by atoms with van der Waals surface area (Å²) in [6.45, 7) is 2.79. The van der Waals surface area contributed by atoms with Gasteiger partial charge in [-0.05, 0) is 47.8 Å². The molecule has 88 valence electrons. The quantitative estimate of drug-likeness (QED) is 0.898. The van der Waals surface area contributed by atoms with Crippen LogP contribution in [0.2, 0.25) is 0 Å². The van der Waals surface area contributed by atoms with Gasteiger partial charge in [0.15, 0.2) is 0 Å². The molecule has 1 N–H and O–H groups in total. The van der Waals surface area contributed by atoms with Crippen LogP contribution in [-0.4, -0.2) is 18.8 Å². The Hall–Kier alpha value is -0.610. The number of halogens is 2. The van der Waals surface area contributed by atoms with Crippen LogP contribution in [0, 0.1) is 5.82 Å². The highest BCUT2D eigenvalue weighted by molar-refractivity contribution is 9.10. The number of nitrogens with one attached hydrogen (secondary N) is 1. The number of ether oxygens (including phenoxy) is 1. The highest BCUT2D eigenvalue weighted by atomic mass is 79.9. The summed E-state index contributed by atoms with van der Waals surface area (Å²) in [6.07, 6.45) is 2.09. The van der Waals surface area contributed by atoms with Gasteiger partial charge in [-0.25, -0.2) is 4.39 Å². The smallest absolute Gasteiger partial charge is 0.147 e. The minimum absolute atomic E-state index is 0.214. The number of hydrogen-bond acceptors (Lipinski definition) is 2. The van der Waals surface area contributed by atoms with Crippen LogP contribution in [0.5, 0.6) is 0 Å². The Balaban J connectivity index is 2.08. The van der Waals surface area contributed by atoms with E-state index < -0.39 is 0 Å². The Kier molecular flexibility index (Phi) is 3.82. The van der Waals surface area contributed by atoms with Crippen molar-refractivity contribution in [3.8, 4) is 0 Å². The fourth-order valence-electron chi connectivity index (χ4n) is 1.97. The first-order valence-electron chi connectivity index (χ1n) is 5.49. The largest absolute Gasteiger partial charge is 0.379 e. The van der Waals surface area contributed by atoms with Gasteiger partial charge in [-0.1, -0.05) is 6.07 Å². The maximum Gasteiger partial charge on any atom is 0.147 e. The van der Waals surface area contributed by atoms with Crippen LogP contribution in [0.4, 0.5) is 10.1 Å².